The Labute approximate surface area is 230 Å². The highest BCUT2D eigenvalue weighted by Crippen LogP contribution is 2.39. The van der Waals surface area contributed by atoms with Gasteiger partial charge in [-0.15, -0.1) is 0 Å². The Morgan fingerprint density at radius 3 is 2.30 bits per heavy atom. The van der Waals surface area contributed by atoms with Crippen LogP contribution in [0.15, 0.2) is 122 Å². The van der Waals surface area contributed by atoms with Crippen molar-refractivity contribution >= 4 is 43.5 Å². The van der Waals surface area contributed by atoms with Crippen LogP contribution in [-0.4, -0.2) is 26.4 Å². The fraction of sp³-hybridized carbons (Fsp3) is 0.0690. The van der Waals surface area contributed by atoms with Crippen molar-refractivity contribution < 1.29 is 9.21 Å². The lowest BCUT2D eigenvalue weighted by atomic mass is 9.96. The van der Waals surface area contributed by atoms with Gasteiger partial charge in [0, 0.05) is 28.2 Å². The number of halogens is 2. The summed E-state index contributed by atoms with van der Waals surface area (Å²) in [4.78, 5) is 13.7. The van der Waals surface area contributed by atoms with Gasteiger partial charge in [-0.3, -0.25) is 4.79 Å². The monoisotopic (exact) mass is 614 g/mol. The minimum atomic E-state index is -0.377. The van der Waals surface area contributed by atoms with Crippen LogP contribution < -0.4 is 0 Å². The Morgan fingerprint density at radius 1 is 0.865 bits per heavy atom. The molecule has 0 saturated carbocycles. The van der Waals surface area contributed by atoms with Gasteiger partial charge in [-0.2, -0.15) is 10.2 Å². The number of amides is 1. The van der Waals surface area contributed by atoms with E-state index in [0.717, 1.165) is 38.3 Å². The topological polar surface area (TPSA) is 63.6 Å². The van der Waals surface area contributed by atoms with Gasteiger partial charge in [0.25, 0.3) is 0 Å². The maximum Gasteiger partial charge on any atom is 0.310 e. The number of hydrazone groups is 1. The number of aromatic nitrogens is 2. The third-order valence-corrected chi connectivity index (χ3v) is 7.15. The summed E-state index contributed by atoms with van der Waals surface area (Å²) in [6.07, 6.45) is 2.53. The van der Waals surface area contributed by atoms with Crippen LogP contribution in [0.3, 0.4) is 0 Å². The predicted octanol–water partition coefficient (Wildman–Crippen LogP) is 7.65. The quantitative estimate of drug-likeness (QED) is 0.204. The maximum atomic E-state index is 13.7. The molecule has 3 heterocycles. The van der Waals surface area contributed by atoms with Crippen LogP contribution in [0.1, 0.15) is 34.1 Å². The van der Waals surface area contributed by atoms with Crippen molar-refractivity contribution in [3.05, 3.63) is 129 Å². The fourth-order valence-corrected chi connectivity index (χ4v) is 5.19. The van der Waals surface area contributed by atoms with Gasteiger partial charge in [-0.05, 0) is 57.9 Å². The summed E-state index contributed by atoms with van der Waals surface area (Å²) >= 11 is 6.86. The molecule has 6 rings (SSSR count). The van der Waals surface area contributed by atoms with E-state index in [1.54, 1.807) is 12.1 Å². The molecule has 0 radical (unpaired) electrons. The minimum Gasteiger partial charge on any atom is -0.444 e. The van der Waals surface area contributed by atoms with Crippen molar-refractivity contribution in [1.82, 2.24) is 14.8 Å². The number of para-hydroxylation sites is 1. The molecule has 6 nitrogen and oxygen atoms in total. The zero-order valence-electron chi connectivity index (χ0n) is 19.5. The average molecular weight is 616 g/mol. The van der Waals surface area contributed by atoms with E-state index in [2.05, 4.69) is 31.9 Å². The van der Waals surface area contributed by atoms with Crippen molar-refractivity contribution in [2.75, 3.05) is 0 Å². The van der Waals surface area contributed by atoms with Crippen LogP contribution in [0.2, 0.25) is 0 Å². The van der Waals surface area contributed by atoms with Crippen molar-refractivity contribution in [3.63, 3.8) is 0 Å². The van der Waals surface area contributed by atoms with Crippen molar-refractivity contribution in [1.29, 1.82) is 0 Å². The number of furan rings is 1. The molecule has 1 amide bonds. The number of carbonyl (C=O) groups excluding carboxylic acids is 1. The van der Waals surface area contributed by atoms with Crippen LogP contribution in [-0.2, 0) is 0 Å². The van der Waals surface area contributed by atoms with Gasteiger partial charge in [0.15, 0.2) is 10.4 Å². The SMILES string of the molecule is O=C(c1ccc(Br)o1)N1N=C(c2cccc(Br)c2)C[C@@H]1c1cn(-c2ccccc2)nc1-c1ccccc1. The molecular formula is C29H20Br2N4O2. The highest BCUT2D eigenvalue weighted by Gasteiger charge is 2.37. The van der Waals surface area contributed by atoms with Gasteiger partial charge < -0.3 is 4.42 Å². The molecule has 3 aromatic carbocycles. The first-order valence-corrected chi connectivity index (χ1v) is 13.3. The summed E-state index contributed by atoms with van der Waals surface area (Å²) in [6.45, 7) is 0. The molecular weight excluding hydrogens is 596 g/mol. The van der Waals surface area contributed by atoms with E-state index in [-0.39, 0.29) is 17.7 Å². The highest BCUT2D eigenvalue weighted by atomic mass is 79.9. The van der Waals surface area contributed by atoms with Gasteiger partial charge in [-0.1, -0.05) is 76.6 Å². The molecule has 1 aliphatic heterocycles. The second-order valence-electron chi connectivity index (χ2n) is 8.61. The number of rotatable bonds is 5. The smallest absolute Gasteiger partial charge is 0.310 e. The van der Waals surface area contributed by atoms with Crippen LogP contribution in [0.4, 0.5) is 0 Å². The molecule has 8 heteroatoms. The van der Waals surface area contributed by atoms with E-state index in [1.807, 2.05) is 95.8 Å². The summed E-state index contributed by atoms with van der Waals surface area (Å²) in [7, 11) is 0. The zero-order chi connectivity index (χ0) is 25.4. The Bertz CT molecular complexity index is 1610. The first-order valence-electron chi connectivity index (χ1n) is 11.7. The van der Waals surface area contributed by atoms with E-state index in [0.29, 0.717) is 11.1 Å². The standard InChI is InChI=1S/C29H20Br2N4O2/c30-21-11-7-10-20(16-21)24-17-25(35(32-24)29(36)26-14-15-27(31)37-26)23-18-34(22-12-5-2-6-13-22)33-28(23)19-8-3-1-4-9-19/h1-16,18,25H,17H2/t25-/m1/s1. The van der Waals surface area contributed by atoms with Crippen molar-refractivity contribution in [2.24, 2.45) is 5.10 Å². The average Bonchev–Trinajstić information content (AvgIpc) is 3.67. The first-order chi connectivity index (χ1) is 18.1. The van der Waals surface area contributed by atoms with Gasteiger partial charge in [0.2, 0.25) is 0 Å². The van der Waals surface area contributed by atoms with Crippen LogP contribution in [0, 0.1) is 0 Å². The number of benzene rings is 3. The zero-order valence-corrected chi connectivity index (χ0v) is 22.6. The highest BCUT2D eigenvalue weighted by molar-refractivity contribution is 9.10. The van der Waals surface area contributed by atoms with Crippen molar-refractivity contribution in [3.8, 4) is 16.9 Å². The number of hydrogen-bond donors (Lipinski definition) is 0. The van der Waals surface area contributed by atoms with Gasteiger partial charge in [0.05, 0.1) is 23.1 Å². The third kappa shape index (κ3) is 4.70. The second-order valence-corrected chi connectivity index (χ2v) is 10.3. The van der Waals surface area contributed by atoms with Crippen LogP contribution >= 0.6 is 31.9 Å². The Hall–Kier alpha value is -3.75. The summed E-state index contributed by atoms with van der Waals surface area (Å²) in [6, 6.07) is 30.9. The predicted molar refractivity (Wildman–Crippen MR) is 150 cm³/mol. The van der Waals surface area contributed by atoms with E-state index < -0.39 is 0 Å². The molecule has 182 valence electrons. The summed E-state index contributed by atoms with van der Waals surface area (Å²) < 4.78 is 8.92. The maximum absolute atomic E-state index is 13.7. The second kappa shape index (κ2) is 9.95. The molecule has 0 fully saturated rings. The van der Waals surface area contributed by atoms with Gasteiger partial charge in [0.1, 0.15) is 0 Å². The Balaban J connectivity index is 1.49. The first kappa shape index (κ1) is 23.6. The third-order valence-electron chi connectivity index (χ3n) is 6.23. The number of nitrogens with zero attached hydrogens (tertiary/aromatic N) is 4. The molecule has 0 unspecified atom stereocenters. The number of carbonyl (C=O) groups is 1. The lowest BCUT2D eigenvalue weighted by Gasteiger charge is -2.21. The van der Waals surface area contributed by atoms with Crippen LogP contribution in [0.25, 0.3) is 16.9 Å². The summed E-state index contributed by atoms with van der Waals surface area (Å²) in [5, 5.41) is 11.3. The molecule has 0 spiro atoms. The normalized spacial score (nSPS) is 15.1. The molecule has 0 N–H and O–H groups in total. The minimum absolute atomic E-state index is 0.216. The lowest BCUT2D eigenvalue weighted by Crippen LogP contribution is -2.27. The van der Waals surface area contributed by atoms with Gasteiger partial charge in [-0.25, -0.2) is 9.69 Å². The number of hydrogen-bond acceptors (Lipinski definition) is 4. The van der Waals surface area contributed by atoms with E-state index >= 15 is 0 Å². The molecule has 1 atom stereocenters. The summed E-state index contributed by atoms with van der Waals surface area (Å²) in [5.41, 5.74) is 5.38. The van der Waals surface area contributed by atoms with E-state index in [4.69, 9.17) is 14.6 Å². The Kier molecular flexibility index (Phi) is 6.36. The molecule has 37 heavy (non-hydrogen) atoms. The van der Waals surface area contributed by atoms with Crippen LogP contribution in [0.5, 0.6) is 0 Å². The van der Waals surface area contributed by atoms with Gasteiger partial charge >= 0.3 is 5.91 Å². The molecule has 0 bridgehead atoms. The molecule has 0 aliphatic carbocycles. The molecule has 5 aromatic rings. The fourth-order valence-electron chi connectivity index (χ4n) is 4.49. The van der Waals surface area contributed by atoms with E-state index in [9.17, 15) is 4.79 Å². The Morgan fingerprint density at radius 2 is 1.59 bits per heavy atom. The summed E-state index contributed by atoms with van der Waals surface area (Å²) in [5.74, 6) is -0.0972. The largest absolute Gasteiger partial charge is 0.444 e. The van der Waals surface area contributed by atoms with E-state index in [1.165, 1.54) is 5.01 Å². The lowest BCUT2D eigenvalue weighted by molar-refractivity contribution is 0.0677. The van der Waals surface area contributed by atoms with Crippen molar-refractivity contribution in [2.45, 2.75) is 12.5 Å². The molecule has 1 aliphatic rings. The molecule has 2 aromatic heterocycles. The molecule has 0 saturated heterocycles.